The molecule has 0 aromatic carbocycles. The third-order valence-corrected chi connectivity index (χ3v) is 16.9. The second-order valence-corrected chi connectivity index (χ2v) is 20.3. The number of hydrogen-bond donors (Lipinski definition) is 9. The van der Waals surface area contributed by atoms with Gasteiger partial charge in [-0.1, -0.05) is 31.6 Å². The van der Waals surface area contributed by atoms with Crippen molar-refractivity contribution in [2.45, 2.75) is 63.9 Å². The van der Waals surface area contributed by atoms with E-state index in [1.807, 2.05) is 18.2 Å². The number of nitrogens with one attached hydrogen (secondary N) is 5. The molecule has 0 radical (unpaired) electrons. The number of carbonyl (C=O) groups is 3. The van der Waals surface area contributed by atoms with Crippen LogP contribution in [0.3, 0.4) is 0 Å². The average molecular weight is 960 g/mol. The van der Waals surface area contributed by atoms with Crippen molar-refractivity contribution in [3.05, 3.63) is 94.2 Å². The van der Waals surface area contributed by atoms with Crippen LogP contribution in [0.15, 0.2) is 94.2 Å². The number of carbonyl (C=O) groups excluding carboxylic acids is 3. The standard InChI is InChI=1S/C46H65N13O6S2/c1-5-6-11-52-35(48)19-42-15-29(14-38(66)55(3)23-30(16-42)53-28-60)39-34-7-8-44(45(27-42)10-13-64-46(39,45)17-31-24-56(40(61)54-31)33(21-47)22-51-2)9-12-63-36(49)20-43(34,44)18-32-25-57(41(62)59(32)50)37-26-58(37)65-67-4/h14,16-22,26,28-29,34,39,47,51-52,66H,5-13,15,23-25,27,48-50H2,1-4H3,(H,53,60)(H,54,61)/b30-16+,31-17-,32-18+,33-22+,35-19+,38-14-,47-21?. The van der Waals surface area contributed by atoms with Crippen LogP contribution < -0.4 is 38.6 Å². The van der Waals surface area contributed by atoms with Gasteiger partial charge in [0.25, 0.3) is 0 Å². The fourth-order valence-corrected chi connectivity index (χ4v) is 14.5. The molecule has 3 aliphatic carbocycles. The Hall–Kier alpha value is -5.22. The van der Waals surface area contributed by atoms with Gasteiger partial charge in [0.15, 0.2) is 11.7 Å². The Kier molecular flexibility index (Phi) is 12.4. The lowest BCUT2D eigenvalue weighted by molar-refractivity contribution is -0.210. The van der Waals surface area contributed by atoms with Gasteiger partial charge in [0.2, 0.25) is 6.41 Å². The van der Waals surface area contributed by atoms with Crippen LogP contribution in [0.2, 0.25) is 0 Å². The van der Waals surface area contributed by atoms with Crippen molar-refractivity contribution in [2.75, 3.05) is 59.7 Å². The van der Waals surface area contributed by atoms with E-state index in [-0.39, 0.29) is 42.9 Å². The number of ether oxygens (including phenoxy) is 2. The van der Waals surface area contributed by atoms with Crippen LogP contribution in [0.1, 0.15) is 58.3 Å². The summed E-state index contributed by atoms with van der Waals surface area (Å²) in [6.07, 6.45) is 26.1. The van der Waals surface area contributed by atoms with Crippen LogP contribution in [-0.4, -0.2) is 115 Å². The van der Waals surface area contributed by atoms with E-state index in [1.165, 1.54) is 17.1 Å². The fourth-order valence-electron chi connectivity index (χ4n) is 13.9. The molecule has 6 aliphatic heterocycles. The van der Waals surface area contributed by atoms with E-state index in [4.69, 9.17) is 49.1 Å². The Morgan fingerprint density at radius 3 is 2.70 bits per heavy atom. The lowest BCUT2D eigenvalue weighted by Crippen LogP contribution is -2.69. The molecule has 9 rings (SSSR count). The summed E-state index contributed by atoms with van der Waals surface area (Å²) in [5.41, 5.74) is 12.4. The quantitative estimate of drug-likeness (QED) is 0.0216. The minimum absolute atomic E-state index is 0.184. The molecular formula is C46H65N13O6S2. The molecule has 6 fully saturated rings. The SMILES string of the molecule is CCCCN/C(N)=C/C12/C=C(/NC=O)CN(C)/C(S)=C/C(C1)C1C3CCC4(CCOC(N)=CC34/C=C3\CN(C4=CN4OSC)C(=O)N3N)C3(CCOC13/C=C1/CN(/C(C=N)=C/NC)C(=O)N1)C2. The Balaban J connectivity index is 1.33. The van der Waals surface area contributed by atoms with Gasteiger partial charge < -0.3 is 52.5 Å². The average Bonchev–Trinajstić information content (AvgIpc) is 3.63. The maximum atomic E-state index is 14.1. The van der Waals surface area contributed by atoms with Crippen molar-refractivity contribution in [1.82, 2.24) is 46.0 Å². The maximum absolute atomic E-state index is 14.1. The summed E-state index contributed by atoms with van der Waals surface area (Å²) in [5, 5.41) is 24.5. The van der Waals surface area contributed by atoms with E-state index >= 15 is 0 Å². The number of likely N-dealkylation sites (N-methyl/N-ethyl adjacent to an activating group) is 1. The predicted octanol–water partition coefficient (Wildman–Crippen LogP) is 3.74. The highest BCUT2D eigenvalue weighted by molar-refractivity contribution is 7.93. The molecule has 19 nitrogen and oxygen atoms in total. The number of fused-ring (bicyclic) bond motifs is 4. The topological polar surface area (TPSA) is 245 Å². The van der Waals surface area contributed by atoms with Crippen molar-refractivity contribution in [1.29, 1.82) is 5.41 Å². The first kappa shape index (κ1) is 46.9. The van der Waals surface area contributed by atoms with Crippen molar-refractivity contribution in [3.8, 4) is 0 Å². The summed E-state index contributed by atoms with van der Waals surface area (Å²) in [4.78, 5) is 45.6. The highest BCUT2D eigenvalue weighted by Crippen LogP contribution is 2.84. The highest BCUT2D eigenvalue weighted by Gasteiger charge is 2.83. The van der Waals surface area contributed by atoms with Crippen molar-refractivity contribution >= 4 is 49.4 Å². The normalized spacial score (nSPS) is 38.5. The lowest BCUT2D eigenvalue weighted by atomic mass is 9.36. The highest BCUT2D eigenvalue weighted by atomic mass is 32.2. The molecule has 0 aromatic heterocycles. The molecule has 9 aliphatic rings. The molecule has 11 N–H and O–H groups in total. The van der Waals surface area contributed by atoms with Crippen LogP contribution in [0.5, 0.6) is 0 Å². The largest absolute Gasteiger partial charge is 0.480 e. The summed E-state index contributed by atoms with van der Waals surface area (Å²) in [6.45, 7) is 4.38. The Morgan fingerprint density at radius 2 is 1.96 bits per heavy atom. The molecule has 3 saturated heterocycles. The number of hydroxylamine groups is 2. The molecule has 8 atom stereocenters. The summed E-state index contributed by atoms with van der Waals surface area (Å²) in [7, 11) is 3.69. The molecule has 6 heterocycles. The lowest BCUT2D eigenvalue weighted by Gasteiger charge is -2.68. The molecule has 0 spiro atoms. The van der Waals surface area contributed by atoms with Crippen molar-refractivity contribution in [3.63, 3.8) is 0 Å². The fraction of sp³-hybridized carbons (Fsp3) is 0.565. The third-order valence-electron chi connectivity index (χ3n) is 16.1. The first-order chi connectivity index (χ1) is 32.2. The predicted molar refractivity (Wildman–Crippen MR) is 257 cm³/mol. The first-order valence-electron chi connectivity index (χ1n) is 23.2. The summed E-state index contributed by atoms with van der Waals surface area (Å²) < 4.78 is 19.6. The number of rotatable bonds is 15. The number of hydrazine groups is 1. The van der Waals surface area contributed by atoms with Gasteiger partial charge in [0, 0.05) is 91.5 Å². The Labute approximate surface area is 402 Å². The van der Waals surface area contributed by atoms with E-state index in [2.05, 4.69) is 64.6 Å². The Bertz CT molecular complexity index is 2330. The number of amides is 5. The number of nitrogens with zero attached hydrogens (tertiary/aromatic N) is 5. The number of hydrogen-bond acceptors (Lipinski definition) is 16. The number of unbranched alkanes of at least 4 members (excludes halogenated alkanes) is 1. The van der Waals surface area contributed by atoms with Gasteiger partial charge >= 0.3 is 12.1 Å². The third kappa shape index (κ3) is 7.37. The van der Waals surface area contributed by atoms with Gasteiger partial charge in [0.05, 0.1) is 60.3 Å². The maximum Gasteiger partial charge on any atom is 0.344 e. The zero-order chi connectivity index (χ0) is 47.5. The number of allylic oxidation sites excluding steroid dienone is 6. The minimum atomic E-state index is -1.02. The van der Waals surface area contributed by atoms with Gasteiger partial charge in [-0.25, -0.2) is 20.4 Å². The molecule has 3 saturated carbocycles. The smallest absolute Gasteiger partial charge is 0.344 e. The van der Waals surface area contributed by atoms with Gasteiger partial charge in [0.1, 0.15) is 0 Å². The summed E-state index contributed by atoms with van der Waals surface area (Å²) in [5.74, 6) is 7.55. The molecule has 6 bridgehead atoms. The van der Waals surface area contributed by atoms with Crippen molar-refractivity contribution in [2.24, 2.45) is 56.7 Å². The van der Waals surface area contributed by atoms with Gasteiger partial charge in [-0.3, -0.25) is 14.6 Å². The van der Waals surface area contributed by atoms with Gasteiger partial charge in [-0.15, -0.1) is 12.6 Å². The summed E-state index contributed by atoms with van der Waals surface area (Å²) in [6, 6.07) is -0.720. The van der Waals surface area contributed by atoms with E-state index in [0.717, 1.165) is 43.3 Å². The molecular weight excluding hydrogens is 895 g/mol. The number of thiol groups is 1. The number of urea groups is 2. The molecule has 21 heteroatoms. The molecule has 0 aromatic rings. The molecule has 5 amide bonds. The Morgan fingerprint density at radius 1 is 1.15 bits per heavy atom. The van der Waals surface area contributed by atoms with Gasteiger partial charge in [-0.2, -0.15) is 9.35 Å². The minimum Gasteiger partial charge on any atom is -0.480 e. The second kappa shape index (κ2) is 17.7. The van der Waals surface area contributed by atoms with E-state index in [9.17, 15) is 14.4 Å². The summed E-state index contributed by atoms with van der Waals surface area (Å²) >= 11 is 6.37. The van der Waals surface area contributed by atoms with Gasteiger partial charge in [-0.05, 0) is 80.4 Å². The zero-order valence-corrected chi connectivity index (χ0v) is 40.4. The molecule has 67 heavy (non-hydrogen) atoms. The van der Waals surface area contributed by atoms with E-state index in [1.54, 1.807) is 34.3 Å². The molecule has 362 valence electrons. The second-order valence-electron chi connectivity index (χ2n) is 19.4. The van der Waals surface area contributed by atoms with E-state index in [0.29, 0.717) is 92.3 Å². The molecule has 8 unspecified atom stereocenters. The van der Waals surface area contributed by atoms with Crippen LogP contribution in [0, 0.1) is 44.8 Å². The van der Waals surface area contributed by atoms with E-state index < -0.39 is 27.3 Å². The first-order valence-corrected chi connectivity index (χ1v) is 24.8. The monoisotopic (exact) mass is 959 g/mol. The zero-order valence-electron chi connectivity index (χ0n) is 38.7. The van der Waals surface area contributed by atoms with Crippen LogP contribution in [0.4, 0.5) is 9.59 Å². The van der Waals surface area contributed by atoms with Crippen molar-refractivity contribution < 1.29 is 28.1 Å². The van der Waals surface area contributed by atoms with Crippen LogP contribution >= 0.6 is 24.7 Å². The number of nitrogens with two attached hydrogens (primary N) is 3. The van der Waals surface area contributed by atoms with Crippen LogP contribution in [-0.2, 0) is 18.6 Å². The van der Waals surface area contributed by atoms with Crippen LogP contribution in [0.25, 0.3) is 0 Å².